The molecule has 1 saturated heterocycles. The fourth-order valence-corrected chi connectivity index (χ4v) is 3.26. The van der Waals surface area contributed by atoms with Crippen molar-refractivity contribution in [1.82, 2.24) is 4.90 Å². The predicted molar refractivity (Wildman–Crippen MR) is 103 cm³/mol. The van der Waals surface area contributed by atoms with Crippen LogP contribution >= 0.6 is 11.6 Å². The molecule has 1 heterocycles. The monoisotopic (exact) mass is 388 g/mol. The molecule has 2 aromatic rings. The maximum atomic E-state index is 12.2. The van der Waals surface area contributed by atoms with Crippen LogP contribution in [0.5, 0.6) is 11.5 Å². The lowest BCUT2D eigenvalue weighted by Gasteiger charge is -2.29. The van der Waals surface area contributed by atoms with Crippen LogP contribution in [0, 0.1) is 5.92 Å². The van der Waals surface area contributed by atoms with E-state index in [0.717, 1.165) is 13.0 Å². The predicted octanol–water partition coefficient (Wildman–Crippen LogP) is 3.87. The summed E-state index contributed by atoms with van der Waals surface area (Å²) in [4.78, 5) is 25.2. The van der Waals surface area contributed by atoms with Crippen molar-refractivity contribution >= 4 is 29.2 Å². The normalized spacial score (nSPS) is 17.3. The van der Waals surface area contributed by atoms with E-state index < -0.39 is 11.9 Å². The van der Waals surface area contributed by atoms with Gasteiger partial charge in [0, 0.05) is 17.3 Å². The van der Waals surface area contributed by atoms with Gasteiger partial charge in [-0.1, -0.05) is 17.7 Å². The molecule has 1 fully saturated rings. The first-order valence-electron chi connectivity index (χ1n) is 8.78. The number of rotatable bonds is 6. The van der Waals surface area contributed by atoms with Gasteiger partial charge in [0.25, 0.3) is 0 Å². The van der Waals surface area contributed by atoms with Crippen LogP contribution in [0.2, 0.25) is 5.02 Å². The van der Waals surface area contributed by atoms with Crippen LogP contribution in [0.15, 0.2) is 48.5 Å². The van der Waals surface area contributed by atoms with E-state index in [-0.39, 0.29) is 12.5 Å². The maximum Gasteiger partial charge on any atom is 0.307 e. The number of halogens is 1. The first-order valence-corrected chi connectivity index (χ1v) is 9.16. The molecule has 27 heavy (non-hydrogen) atoms. The minimum atomic E-state index is -0.796. The molecule has 1 amide bonds. The van der Waals surface area contributed by atoms with Gasteiger partial charge < -0.3 is 15.2 Å². The first-order chi connectivity index (χ1) is 13.0. The Kier molecular flexibility index (Phi) is 6.32. The fraction of sp³-hybridized carbons (Fsp3) is 0.300. The van der Waals surface area contributed by atoms with Crippen molar-refractivity contribution in [1.29, 1.82) is 0 Å². The number of likely N-dealkylation sites (tertiary alicyclic amines) is 1. The average molecular weight is 389 g/mol. The summed E-state index contributed by atoms with van der Waals surface area (Å²) in [5, 5.41) is 12.6. The minimum absolute atomic E-state index is 0.162. The fourth-order valence-electron chi connectivity index (χ4n) is 3.08. The SMILES string of the molecule is O=C(CN1CCCC(C(=O)O)C1)Nc1ccc(Oc2cccc(Cl)c2)cc1. The Morgan fingerprint density at radius 1 is 1.19 bits per heavy atom. The van der Waals surface area contributed by atoms with E-state index in [0.29, 0.717) is 35.2 Å². The third kappa shape index (κ3) is 5.70. The number of amides is 1. The van der Waals surface area contributed by atoms with Gasteiger partial charge in [0.05, 0.1) is 12.5 Å². The molecule has 7 heteroatoms. The quantitative estimate of drug-likeness (QED) is 0.785. The van der Waals surface area contributed by atoms with Gasteiger partial charge in [-0.15, -0.1) is 0 Å². The highest BCUT2D eigenvalue weighted by molar-refractivity contribution is 6.30. The number of nitrogens with zero attached hydrogens (tertiary/aromatic N) is 1. The molecule has 2 aromatic carbocycles. The Bertz CT molecular complexity index is 810. The summed E-state index contributed by atoms with van der Waals surface area (Å²) < 4.78 is 5.71. The summed E-state index contributed by atoms with van der Waals surface area (Å²) >= 11 is 5.94. The van der Waals surface area contributed by atoms with Crippen molar-refractivity contribution in [2.45, 2.75) is 12.8 Å². The lowest BCUT2D eigenvalue weighted by atomic mass is 9.98. The number of piperidine rings is 1. The van der Waals surface area contributed by atoms with Gasteiger partial charge in [0.2, 0.25) is 5.91 Å². The van der Waals surface area contributed by atoms with Crippen molar-refractivity contribution in [3.05, 3.63) is 53.6 Å². The van der Waals surface area contributed by atoms with E-state index in [1.807, 2.05) is 17.0 Å². The zero-order valence-corrected chi connectivity index (χ0v) is 15.5. The van der Waals surface area contributed by atoms with Crippen molar-refractivity contribution in [3.63, 3.8) is 0 Å². The molecule has 3 rings (SSSR count). The van der Waals surface area contributed by atoms with E-state index in [1.54, 1.807) is 36.4 Å². The second kappa shape index (κ2) is 8.88. The number of carbonyl (C=O) groups excluding carboxylic acids is 1. The summed E-state index contributed by atoms with van der Waals surface area (Å²) in [5.74, 6) is -0.0811. The number of carbonyl (C=O) groups is 2. The van der Waals surface area contributed by atoms with Gasteiger partial charge in [-0.25, -0.2) is 0 Å². The molecule has 0 aliphatic carbocycles. The summed E-state index contributed by atoms with van der Waals surface area (Å²) in [6.07, 6.45) is 1.46. The summed E-state index contributed by atoms with van der Waals surface area (Å²) in [5.41, 5.74) is 0.658. The smallest absolute Gasteiger partial charge is 0.307 e. The van der Waals surface area contributed by atoms with Crippen molar-refractivity contribution in [2.24, 2.45) is 5.92 Å². The number of carboxylic acids is 1. The number of benzene rings is 2. The summed E-state index contributed by atoms with van der Waals surface area (Å²) in [7, 11) is 0. The summed E-state index contributed by atoms with van der Waals surface area (Å²) in [6.45, 7) is 1.34. The highest BCUT2D eigenvalue weighted by Gasteiger charge is 2.26. The molecule has 2 N–H and O–H groups in total. The van der Waals surface area contributed by atoms with Crippen molar-refractivity contribution in [3.8, 4) is 11.5 Å². The number of anilines is 1. The van der Waals surface area contributed by atoms with Crippen LogP contribution in [0.4, 0.5) is 5.69 Å². The third-order valence-corrected chi connectivity index (χ3v) is 4.63. The van der Waals surface area contributed by atoms with Crippen LogP contribution < -0.4 is 10.1 Å². The number of hydrogen-bond donors (Lipinski definition) is 2. The van der Waals surface area contributed by atoms with Crippen LogP contribution in [-0.2, 0) is 9.59 Å². The third-order valence-electron chi connectivity index (χ3n) is 4.39. The summed E-state index contributed by atoms with van der Waals surface area (Å²) in [6, 6.07) is 14.2. The first kappa shape index (κ1) is 19.2. The van der Waals surface area contributed by atoms with Crippen LogP contribution in [0.25, 0.3) is 0 Å². The van der Waals surface area contributed by atoms with Crippen molar-refractivity contribution < 1.29 is 19.4 Å². The second-order valence-electron chi connectivity index (χ2n) is 6.54. The molecular formula is C20H21ClN2O4. The van der Waals surface area contributed by atoms with E-state index >= 15 is 0 Å². The van der Waals surface area contributed by atoms with Gasteiger partial charge in [-0.05, 0) is 61.9 Å². The number of hydrogen-bond acceptors (Lipinski definition) is 4. The number of ether oxygens (including phenoxy) is 1. The molecule has 0 aromatic heterocycles. The Labute approximate surface area is 162 Å². The highest BCUT2D eigenvalue weighted by Crippen LogP contribution is 2.25. The van der Waals surface area contributed by atoms with Gasteiger partial charge >= 0.3 is 5.97 Å². The Hall–Kier alpha value is -2.57. The molecule has 6 nitrogen and oxygen atoms in total. The van der Waals surface area contributed by atoms with E-state index in [9.17, 15) is 9.59 Å². The Balaban J connectivity index is 1.51. The number of nitrogens with one attached hydrogen (secondary N) is 1. The zero-order valence-electron chi connectivity index (χ0n) is 14.7. The topological polar surface area (TPSA) is 78.9 Å². The zero-order chi connectivity index (χ0) is 19.2. The molecule has 1 atom stereocenters. The van der Waals surface area contributed by atoms with Gasteiger partial charge in [0.1, 0.15) is 11.5 Å². The minimum Gasteiger partial charge on any atom is -0.481 e. The molecule has 1 aliphatic heterocycles. The highest BCUT2D eigenvalue weighted by atomic mass is 35.5. The van der Waals surface area contributed by atoms with Crippen LogP contribution in [-0.4, -0.2) is 41.5 Å². The number of aliphatic carboxylic acids is 1. The van der Waals surface area contributed by atoms with E-state index in [4.69, 9.17) is 21.4 Å². The second-order valence-corrected chi connectivity index (χ2v) is 6.98. The molecule has 0 spiro atoms. The molecule has 0 saturated carbocycles. The van der Waals surface area contributed by atoms with E-state index in [1.165, 1.54) is 0 Å². The molecular weight excluding hydrogens is 368 g/mol. The van der Waals surface area contributed by atoms with Crippen molar-refractivity contribution in [2.75, 3.05) is 25.0 Å². The molecule has 1 aliphatic rings. The Morgan fingerprint density at radius 2 is 1.96 bits per heavy atom. The molecule has 0 radical (unpaired) electrons. The lowest BCUT2D eigenvalue weighted by molar-refractivity contribution is -0.144. The van der Waals surface area contributed by atoms with Crippen LogP contribution in [0.3, 0.4) is 0 Å². The molecule has 1 unspecified atom stereocenters. The number of carboxylic acid groups (broad SMARTS) is 1. The van der Waals surface area contributed by atoms with Crippen LogP contribution in [0.1, 0.15) is 12.8 Å². The largest absolute Gasteiger partial charge is 0.481 e. The van der Waals surface area contributed by atoms with Gasteiger partial charge in [-0.2, -0.15) is 0 Å². The average Bonchev–Trinajstić information content (AvgIpc) is 2.63. The lowest BCUT2D eigenvalue weighted by Crippen LogP contribution is -2.42. The van der Waals surface area contributed by atoms with Gasteiger partial charge in [-0.3, -0.25) is 14.5 Å². The van der Waals surface area contributed by atoms with Gasteiger partial charge in [0.15, 0.2) is 0 Å². The maximum absolute atomic E-state index is 12.2. The molecule has 142 valence electrons. The molecule has 0 bridgehead atoms. The van der Waals surface area contributed by atoms with E-state index in [2.05, 4.69) is 5.32 Å². The Morgan fingerprint density at radius 3 is 2.67 bits per heavy atom. The standard InChI is InChI=1S/C20H21ClN2O4/c21-15-4-1-5-18(11-15)27-17-8-6-16(7-9-17)22-19(24)13-23-10-2-3-14(12-23)20(25)26/h1,4-9,11,14H,2-3,10,12-13H2,(H,22,24)(H,25,26).